The molecule has 0 unspecified atom stereocenters. The Bertz CT molecular complexity index is 624. The SMILES string of the molecule is CNCCCNC(=O)c1cc(S(=O)(=O)N2CCCC2)c(C)o1.Cl. The number of halogens is 1. The van der Waals surface area contributed by atoms with Gasteiger partial charge in [0, 0.05) is 25.7 Å². The average Bonchev–Trinajstić information content (AvgIpc) is 3.13. The van der Waals surface area contributed by atoms with Crippen LogP contribution >= 0.6 is 12.4 Å². The topological polar surface area (TPSA) is 91.6 Å². The van der Waals surface area contributed by atoms with Gasteiger partial charge >= 0.3 is 0 Å². The first-order valence-electron chi connectivity index (χ1n) is 7.50. The number of sulfonamides is 1. The molecule has 1 aromatic rings. The van der Waals surface area contributed by atoms with Crippen LogP contribution in [0.1, 0.15) is 35.6 Å². The first-order valence-corrected chi connectivity index (χ1v) is 8.94. The maximum atomic E-state index is 12.5. The lowest BCUT2D eigenvalue weighted by Crippen LogP contribution is -2.28. The molecule has 9 heteroatoms. The van der Waals surface area contributed by atoms with Crippen molar-refractivity contribution in [2.24, 2.45) is 0 Å². The second-order valence-electron chi connectivity index (χ2n) is 5.36. The van der Waals surface area contributed by atoms with E-state index in [1.54, 1.807) is 6.92 Å². The lowest BCUT2D eigenvalue weighted by Gasteiger charge is -2.14. The van der Waals surface area contributed by atoms with Crippen LogP contribution < -0.4 is 10.6 Å². The Morgan fingerprint density at radius 3 is 2.57 bits per heavy atom. The fraction of sp³-hybridized carbons (Fsp3) is 0.643. The van der Waals surface area contributed by atoms with Crippen LogP contribution in [-0.2, 0) is 10.0 Å². The maximum Gasteiger partial charge on any atom is 0.287 e. The minimum absolute atomic E-state index is 0. The maximum absolute atomic E-state index is 12.5. The van der Waals surface area contributed by atoms with E-state index >= 15 is 0 Å². The third-order valence-corrected chi connectivity index (χ3v) is 5.67. The van der Waals surface area contributed by atoms with Gasteiger partial charge in [-0.2, -0.15) is 4.31 Å². The van der Waals surface area contributed by atoms with Crippen molar-refractivity contribution in [2.75, 3.05) is 33.2 Å². The molecule has 132 valence electrons. The van der Waals surface area contributed by atoms with Crippen molar-refractivity contribution < 1.29 is 17.6 Å². The number of hydrogen-bond acceptors (Lipinski definition) is 5. The van der Waals surface area contributed by atoms with Crippen LogP contribution in [0.15, 0.2) is 15.4 Å². The lowest BCUT2D eigenvalue weighted by molar-refractivity contribution is 0.0924. The first kappa shape index (κ1) is 20.0. The zero-order valence-electron chi connectivity index (χ0n) is 13.4. The minimum Gasteiger partial charge on any atom is -0.455 e. The van der Waals surface area contributed by atoms with Crippen LogP contribution in [0.25, 0.3) is 0 Å². The Hall–Kier alpha value is -1.09. The Morgan fingerprint density at radius 2 is 1.96 bits per heavy atom. The number of furan rings is 1. The van der Waals surface area contributed by atoms with Crippen LogP contribution in [0.4, 0.5) is 0 Å². The fourth-order valence-electron chi connectivity index (χ4n) is 2.46. The van der Waals surface area contributed by atoms with Gasteiger partial charge in [0.05, 0.1) is 0 Å². The molecule has 0 saturated carbocycles. The monoisotopic (exact) mass is 365 g/mol. The molecule has 1 aliphatic heterocycles. The quantitative estimate of drug-likeness (QED) is 0.707. The van der Waals surface area contributed by atoms with Crippen LogP contribution in [-0.4, -0.2) is 51.9 Å². The van der Waals surface area contributed by atoms with Gasteiger partial charge in [0.15, 0.2) is 5.76 Å². The third-order valence-electron chi connectivity index (χ3n) is 3.67. The molecule has 1 fully saturated rings. The van der Waals surface area contributed by atoms with Gasteiger partial charge in [-0.1, -0.05) is 0 Å². The number of aryl methyl sites for hydroxylation is 1. The number of nitrogens with zero attached hydrogens (tertiary/aromatic N) is 1. The van der Waals surface area contributed by atoms with Gasteiger partial charge in [0.25, 0.3) is 5.91 Å². The molecular formula is C14H24ClN3O4S. The molecule has 1 amide bonds. The van der Waals surface area contributed by atoms with E-state index in [9.17, 15) is 13.2 Å². The molecule has 7 nitrogen and oxygen atoms in total. The number of amides is 1. The van der Waals surface area contributed by atoms with E-state index < -0.39 is 10.0 Å². The Labute approximate surface area is 143 Å². The highest BCUT2D eigenvalue weighted by molar-refractivity contribution is 7.89. The summed E-state index contributed by atoms with van der Waals surface area (Å²) in [5.41, 5.74) is 0. The zero-order chi connectivity index (χ0) is 16.2. The summed E-state index contributed by atoms with van der Waals surface area (Å²) < 4.78 is 31.8. The molecule has 0 bridgehead atoms. The number of carbonyl (C=O) groups is 1. The van der Waals surface area contributed by atoms with Gasteiger partial charge < -0.3 is 15.1 Å². The summed E-state index contributed by atoms with van der Waals surface area (Å²) in [6.45, 7) is 3.93. The average molecular weight is 366 g/mol. The predicted octanol–water partition coefficient (Wildman–Crippen LogP) is 1.13. The molecule has 1 aromatic heterocycles. The molecule has 1 aliphatic rings. The molecule has 1 saturated heterocycles. The Kier molecular flexibility index (Phi) is 7.53. The van der Waals surface area contributed by atoms with Gasteiger partial charge in [0.2, 0.25) is 10.0 Å². The smallest absolute Gasteiger partial charge is 0.287 e. The molecule has 0 aliphatic carbocycles. The van der Waals surface area contributed by atoms with Crippen molar-refractivity contribution in [3.63, 3.8) is 0 Å². The minimum atomic E-state index is -3.56. The summed E-state index contributed by atoms with van der Waals surface area (Å²) >= 11 is 0. The molecule has 2 heterocycles. The summed E-state index contributed by atoms with van der Waals surface area (Å²) in [4.78, 5) is 12.1. The van der Waals surface area contributed by atoms with Gasteiger partial charge in [-0.25, -0.2) is 8.42 Å². The van der Waals surface area contributed by atoms with E-state index in [0.29, 0.717) is 19.6 Å². The molecule has 2 rings (SSSR count). The molecule has 2 N–H and O–H groups in total. The van der Waals surface area contributed by atoms with Crippen molar-refractivity contribution in [3.05, 3.63) is 17.6 Å². The van der Waals surface area contributed by atoms with E-state index in [1.165, 1.54) is 10.4 Å². The largest absolute Gasteiger partial charge is 0.455 e. The summed E-state index contributed by atoms with van der Waals surface area (Å²) in [5, 5.41) is 5.70. The van der Waals surface area contributed by atoms with E-state index in [-0.39, 0.29) is 34.7 Å². The molecule has 23 heavy (non-hydrogen) atoms. The van der Waals surface area contributed by atoms with Crippen LogP contribution in [0, 0.1) is 6.92 Å². The number of hydrogen-bond donors (Lipinski definition) is 2. The van der Waals surface area contributed by atoms with Crippen molar-refractivity contribution in [1.29, 1.82) is 0 Å². The second kappa shape index (κ2) is 8.68. The lowest BCUT2D eigenvalue weighted by atomic mass is 10.3. The molecule has 0 spiro atoms. The molecule has 0 atom stereocenters. The van der Waals surface area contributed by atoms with Crippen molar-refractivity contribution >= 4 is 28.3 Å². The number of rotatable bonds is 7. The predicted molar refractivity (Wildman–Crippen MR) is 89.6 cm³/mol. The van der Waals surface area contributed by atoms with E-state index in [2.05, 4.69) is 10.6 Å². The summed E-state index contributed by atoms with van der Waals surface area (Å²) in [6, 6.07) is 1.33. The van der Waals surface area contributed by atoms with Crippen LogP contribution in [0.5, 0.6) is 0 Å². The highest BCUT2D eigenvalue weighted by Crippen LogP contribution is 2.26. The normalized spacial score (nSPS) is 15.4. The standard InChI is InChI=1S/C14H23N3O4S.ClH/c1-11-13(22(19,20)17-8-3-4-9-17)10-12(21-11)14(18)16-7-5-6-15-2;/h10,15H,3-9H2,1-2H3,(H,16,18);1H. The first-order chi connectivity index (χ1) is 10.5. The van der Waals surface area contributed by atoms with E-state index in [1.807, 2.05) is 7.05 Å². The summed E-state index contributed by atoms with van der Waals surface area (Å²) in [6.07, 6.45) is 2.53. The van der Waals surface area contributed by atoms with Crippen LogP contribution in [0.3, 0.4) is 0 Å². The van der Waals surface area contributed by atoms with Crippen LogP contribution in [0.2, 0.25) is 0 Å². The van der Waals surface area contributed by atoms with Gasteiger partial charge in [-0.15, -0.1) is 12.4 Å². The van der Waals surface area contributed by atoms with Crippen molar-refractivity contribution in [2.45, 2.75) is 31.1 Å². The van der Waals surface area contributed by atoms with Gasteiger partial charge in [0.1, 0.15) is 10.7 Å². The Balaban J connectivity index is 0.00000264. The zero-order valence-corrected chi connectivity index (χ0v) is 15.1. The molecule has 0 aromatic carbocycles. The van der Waals surface area contributed by atoms with Crippen molar-refractivity contribution in [3.8, 4) is 0 Å². The van der Waals surface area contributed by atoms with E-state index in [4.69, 9.17) is 4.42 Å². The number of carbonyl (C=O) groups excluding carboxylic acids is 1. The highest BCUT2D eigenvalue weighted by atomic mass is 35.5. The van der Waals surface area contributed by atoms with Gasteiger partial charge in [-0.3, -0.25) is 4.79 Å². The summed E-state index contributed by atoms with van der Waals surface area (Å²) in [5.74, 6) is -0.0888. The number of nitrogens with one attached hydrogen (secondary N) is 2. The van der Waals surface area contributed by atoms with Crippen molar-refractivity contribution in [1.82, 2.24) is 14.9 Å². The Morgan fingerprint density at radius 1 is 1.30 bits per heavy atom. The highest BCUT2D eigenvalue weighted by Gasteiger charge is 2.31. The van der Waals surface area contributed by atoms with E-state index in [0.717, 1.165) is 25.8 Å². The second-order valence-corrected chi connectivity index (χ2v) is 7.26. The molecule has 0 radical (unpaired) electrons. The molecular weight excluding hydrogens is 342 g/mol. The third kappa shape index (κ3) is 4.69. The van der Waals surface area contributed by atoms with Gasteiger partial charge in [-0.05, 0) is 39.8 Å². The summed E-state index contributed by atoms with van der Waals surface area (Å²) in [7, 11) is -1.72. The fourth-order valence-corrected chi connectivity index (χ4v) is 4.13.